The Morgan fingerprint density at radius 2 is 1.57 bits per heavy atom. The summed E-state index contributed by atoms with van der Waals surface area (Å²) in [5, 5.41) is 0.927. The lowest BCUT2D eigenvalue weighted by Crippen LogP contribution is -2.19. The van der Waals surface area contributed by atoms with Gasteiger partial charge in [0.05, 0.1) is 22.6 Å². The molecule has 0 atom stereocenters. The van der Waals surface area contributed by atoms with Crippen LogP contribution < -0.4 is 5.73 Å². The molecule has 0 fully saturated rings. The van der Waals surface area contributed by atoms with Gasteiger partial charge in [0.2, 0.25) is 0 Å². The summed E-state index contributed by atoms with van der Waals surface area (Å²) in [5.74, 6) is -1.49. The van der Waals surface area contributed by atoms with Crippen LogP contribution in [-0.2, 0) is 19.7 Å². The lowest BCUT2D eigenvalue weighted by Gasteiger charge is -2.09. The van der Waals surface area contributed by atoms with E-state index in [2.05, 4.69) is 0 Å². The third-order valence-corrected chi connectivity index (χ3v) is 8.56. The average molecular weight is 423 g/mol. The summed E-state index contributed by atoms with van der Waals surface area (Å²) in [6, 6.07) is 8.74. The molecular weight excluding hydrogens is 400 g/mol. The number of amides is 1. The molecule has 0 aliphatic heterocycles. The molecule has 0 saturated heterocycles. The minimum Gasteiger partial charge on any atom is -0.365 e. The molecular formula is C19H22N2O5S2. The molecule has 0 bridgehead atoms. The maximum absolute atomic E-state index is 13.1. The van der Waals surface area contributed by atoms with Crippen LogP contribution in [0.2, 0.25) is 0 Å². The monoisotopic (exact) mass is 422 g/mol. The Morgan fingerprint density at radius 1 is 0.964 bits per heavy atom. The highest BCUT2D eigenvalue weighted by Crippen LogP contribution is 2.36. The Morgan fingerprint density at radius 3 is 2.18 bits per heavy atom. The van der Waals surface area contributed by atoms with Crippen LogP contribution in [0, 0.1) is 0 Å². The highest BCUT2D eigenvalue weighted by Gasteiger charge is 2.36. The van der Waals surface area contributed by atoms with Crippen LogP contribution in [-0.4, -0.2) is 38.6 Å². The first kappa shape index (κ1) is 20.3. The number of pyridine rings is 1. The van der Waals surface area contributed by atoms with E-state index in [9.17, 15) is 21.6 Å². The topological polar surface area (TPSA) is 116 Å². The first-order valence-electron chi connectivity index (χ1n) is 8.96. The third kappa shape index (κ3) is 3.18. The molecule has 3 aromatic rings. The Hall–Kier alpha value is -2.39. The molecule has 0 unspecified atom stereocenters. The number of hydrogen-bond donors (Lipinski definition) is 1. The largest absolute Gasteiger partial charge is 0.365 e. The van der Waals surface area contributed by atoms with Crippen molar-refractivity contribution in [2.45, 2.75) is 36.6 Å². The number of nitrogens with zero attached hydrogens (tertiary/aromatic N) is 1. The highest BCUT2D eigenvalue weighted by molar-refractivity contribution is 7.94. The van der Waals surface area contributed by atoms with Gasteiger partial charge in [0.1, 0.15) is 4.90 Å². The van der Waals surface area contributed by atoms with Crippen LogP contribution in [0.15, 0.2) is 46.5 Å². The zero-order chi connectivity index (χ0) is 20.7. The number of rotatable bonds is 7. The molecule has 0 radical (unpaired) electrons. The van der Waals surface area contributed by atoms with E-state index in [1.54, 1.807) is 44.2 Å². The number of sulfone groups is 2. The normalized spacial score (nSPS) is 12.6. The Labute approximate surface area is 164 Å². The van der Waals surface area contributed by atoms with Crippen LogP contribution in [0.25, 0.3) is 16.3 Å². The predicted octanol–water partition coefficient (Wildman–Crippen LogP) is 2.56. The summed E-state index contributed by atoms with van der Waals surface area (Å²) < 4.78 is 53.5. The number of hydrogen-bond acceptors (Lipinski definition) is 5. The Balaban J connectivity index is 2.67. The van der Waals surface area contributed by atoms with E-state index >= 15 is 0 Å². The summed E-state index contributed by atoms with van der Waals surface area (Å²) in [6.07, 6.45) is 2.07. The molecule has 2 heterocycles. The van der Waals surface area contributed by atoms with Crippen LogP contribution >= 0.6 is 0 Å². The van der Waals surface area contributed by atoms with E-state index in [1.807, 2.05) is 0 Å². The highest BCUT2D eigenvalue weighted by atomic mass is 32.2. The maximum atomic E-state index is 13.1. The average Bonchev–Trinajstić information content (AvgIpc) is 2.99. The van der Waals surface area contributed by atoms with Gasteiger partial charge in [-0.1, -0.05) is 38.1 Å². The standard InChI is InChI=1S/C19H22N2O5S2/c1-3-11-27(23,24)17-15(18(20)22)16-14-8-6-5-7-13(14)9-10-21(16)19(17)28(25,26)12-4-2/h5-10H,3-4,11-12H2,1-2H3,(H2,20,22). The van der Waals surface area contributed by atoms with Crippen molar-refractivity contribution in [3.63, 3.8) is 0 Å². The minimum absolute atomic E-state index is 0.204. The van der Waals surface area contributed by atoms with Gasteiger partial charge in [-0.15, -0.1) is 0 Å². The lowest BCUT2D eigenvalue weighted by atomic mass is 10.1. The molecule has 7 nitrogen and oxygen atoms in total. The fraction of sp³-hybridized carbons (Fsp3) is 0.316. The first-order valence-corrected chi connectivity index (χ1v) is 12.3. The Bertz CT molecular complexity index is 1290. The van der Waals surface area contributed by atoms with E-state index < -0.39 is 30.5 Å². The molecule has 28 heavy (non-hydrogen) atoms. The van der Waals surface area contributed by atoms with Crippen molar-refractivity contribution in [3.8, 4) is 0 Å². The van der Waals surface area contributed by atoms with Gasteiger partial charge >= 0.3 is 0 Å². The molecule has 3 rings (SSSR count). The SMILES string of the molecule is CCCS(=O)(=O)c1c(C(N)=O)c2c3ccccc3ccn2c1S(=O)(=O)CCC. The number of nitrogens with two attached hydrogens (primary N) is 1. The molecule has 0 spiro atoms. The molecule has 2 aromatic heterocycles. The molecule has 1 amide bonds. The molecule has 150 valence electrons. The van der Waals surface area contributed by atoms with Gasteiger partial charge in [-0.3, -0.25) is 4.79 Å². The fourth-order valence-corrected chi connectivity index (χ4v) is 7.45. The van der Waals surface area contributed by atoms with Gasteiger partial charge in [-0.05, 0) is 24.3 Å². The smallest absolute Gasteiger partial charge is 0.252 e. The van der Waals surface area contributed by atoms with Crippen molar-refractivity contribution < 1.29 is 21.6 Å². The van der Waals surface area contributed by atoms with E-state index in [1.165, 1.54) is 10.6 Å². The van der Waals surface area contributed by atoms with Gasteiger partial charge in [0.15, 0.2) is 24.7 Å². The van der Waals surface area contributed by atoms with Gasteiger partial charge in [-0.25, -0.2) is 16.8 Å². The second-order valence-electron chi connectivity index (χ2n) is 6.63. The lowest BCUT2D eigenvalue weighted by molar-refractivity contribution is 0.0999. The summed E-state index contributed by atoms with van der Waals surface area (Å²) in [5.41, 5.74) is 5.52. The van der Waals surface area contributed by atoms with Crippen molar-refractivity contribution in [1.82, 2.24) is 4.40 Å². The van der Waals surface area contributed by atoms with Crippen molar-refractivity contribution in [2.75, 3.05) is 11.5 Å². The van der Waals surface area contributed by atoms with E-state index in [0.717, 1.165) is 5.39 Å². The molecule has 0 aliphatic rings. The van der Waals surface area contributed by atoms with Crippen LogP contribution in [0.4, 0.5) is 0 Å². The molecule has 0 saturated carbocycles. The van der Waals surface area contributed by atoms with Gasteiger partial charge in [-0.2, -0.15) is 0 Å². The Kier molecular flexibility index (Phi) is 5.24. The zero-order valence-electron chi connectivity index (χ0n) is 15.7. The van der Waals surface area contributed by atoms with E-state index in [0.29, 0.717) is 11.8 Å². The molecule has 9 heteroatoms. The summed E-state index contributed by atoms with van der Waals surface area (Å²) in [7, 11) is -8.02. The second-order valence-corrected chi connectivity index (χ2v) is 10.7. The first-order chi connectivity index (χ1) is 13.2. The predicted molar refractivity (Wildman–Crippen MR) is 108 cm³/mol. The molecule has 2 N–H and O–H groups in total. The third-order valence-electron chi connectivity index (χ3n) is 4.53. The van der Waals surface area contributed by atoms with Gasteiger partial charge in [0, 0.05) is 11.6 Å². The number of carbonyl (C=O) groups excluding carboxylic acids is 1. The summed E-state index contributed by atoms with van der Waals surface area (Å²) in [4.78, 5) is 11.9. The summed E-state index contributed by atoms with van der Waals surface area (Å²) >= 11 is 0. The van der Waals surface area contributed by atoms with Crippen LogP contribution in [0.5, 0.6) is 0 Å². The second kappa shape index (κ2) is 7.21. The molecule has 0 aliphatic carbocycles. The van der Waals surface area contributed by atoms with E-state index in [4.69, 9.17) is 5.73 Å². The van der Waals surface area contributed by atoms with Crippen LogP contribution in [0.1, 0.15) is 37.0 Å². The van der Waals surface area contributed by atoms with Gasteiger partial charge in [0.25, 0.3) is 5.91 Å². The van der Waals surface area contributed by atoms with Crippen molar-refractivity contribution in [2.24, 2.45) is 5.73 Å². The number of carbonyl (C=O) groups is 1. The molecule has 1 aromatic carbocycles. The fourth-order valence-electron chi connectivity index (χ4n) is 3.51. The van der Waals surface area contributed by atoms with E-state index in [-0.39, 0.29) is 34.0 Å². The minimum atomic E-state index is -4.05. The quantitative estimate of drug-likeness (QED) is 0.628. The van der Waals surface area contributed by atoms with Crippen molar-refractivity contribution in [1.29, 1.82) is 0 Å². The van der Waals surface area contributed by atoms with Crippen molar-refractivity contribution >= 4 is 41.9 Å². The zero-order valence-corrected chi connectivity index (χ0v) is 17.3. The number of benzene rings is 1. The number of primary amides is 1. The van der Waals surface area contributed by atoms with Crippen molar-refractivity contribution in [3.05, 3.63) is 42.1 Å². The van der Waals surface area contributed by atoms with Crippen LogP contribution in [0.3, 0.4) is 0 Å². The van der Waals surface area contributed by atoms with Gasteiger partial charge < -0.3 is 10.1 Å². The maximum Gasteiger partial charge on any atom is 0.252 e. The number of fused-ring (bicyclic) bond motifs is 3. The number of aromatic nitrogens is 1. The summed E-state index contributed by atoms with van der Waals surface area (Å²) in [6.45, 7) is 3.37.